The number of anilines is 1. The first-order valence-electron chi connectivity index (χ1n) is 9.72. The summed E-state index contributed by atoms with van der Waals surface area (Å²) in [6, 6.07) is 23.7. The maximum absolute atomic E-state index is 5.12. The Balaban J connectivity index is 1.78. The van der Waals surface area contributed by atoms with Crippen molar-refractivity contribution in [2.75, 3.05) is 11.9 Å². The second-order valence-electron chi connectivity index (χ2n) is 7.34. The van der Waals surface area contributed by atoms with Crippen molar-refractivity contribution in [2.45, 2.75) is 26.2 Å². The van der Waals surface area contributed by atoms with Gasteiger partial charge in [0.15, 0.2) is 0 Å². The highest BCUT2D eigenvalue weighted by Gasteiger charge is 2.22. The van der Waals surface area contributed by atoms with Crippen LogP contribution >= 0.6 is 0 Å². The van der Waals surface area contributed by atoms with Gasteiger partial charge in [-0.3, -0.25) is 0 Å². The van der Waals surface area contributed by atoms with E-state index in [1.165, 1.54) is 40.3 Å². The van der Waals surface area contributed by atoms with Crippen molar-refractivity contribution in [1.29, 1.82) is 0 Å². The molecule has 0 unspecified atom stereocenters. The number of hydrogen-bond acceptors (Lipinski definition) is 2. The van der Waals surface area contributed by atoms with E-state index in [1.807, 2.05) is 0 Å². The van der Waals surface area contributed by atoms with Gasteiger partial charge in [-0.1, -0.05) is 54.6 Å². The number of aryl methyl sites for hydroxylation is 1. The summed E-state index contributed by atoms with van der Waals surface area (Å²) in [6.07, 6.45) is 3.45. The smallest absolute Gasteiger partial charge is 0.133 e. The monoisotopic (exact) mass is 353 g/mol. The van der Waals surface area contributed by atoms with Crippen molar-refractivity contribution in [3.8, 4) is 16.9 Å². The van der Waals surface area contributed by atoms with E-state index in [4.69, 9.17) is 5.10 Å². The van der Waals surface area contributed by atoms with Gasteiger partial charge in [-0.25, -0.2) is 4.68 Å². The molecule has 1 aromatic heterocycles. The molecule has 0 fully saturated rings. The summed E-state index contributed by atoms with van der Waals surface area (Å²) in [6.45, 7) is 3.13. The fourth-order valence-electron chi connectivity index (χ4n) is 4.10. The Hall–Kier alpha value is -3.07. The lowest BCUT2D eigenvalue weighted by Crippen LogP contribution is -2.07. The van der Waals surface area contributed by atoms with Crippen LogP contribution in [0.25, 0.3) is 27.7 Å². The Labute approximate surface area is 159 Å². The zero-order chi connectivity index (χ0) is 18.2. The molecule has 0 amide bonds. The normalized spacial score (nSPS) is 13.8. The van der Waals surface area contributed by atoms with Crippen molar-refractivity contribution in [2.24, 2.45) is 0 Å². The highest BCUT2D eigenvalue weighted by molar-refractivity contribution is 5.97. The third-order valence-electron chi connectivity index (χ3n) is 5.42. The number of fused-ring (bicyclic) bond motifs is 2. The molecule has 3 nitrogen and oxygen atoms in total. The van der Waals surface area contributed by atoms with Gasteiger partial charge in [0.2, 0.25) is 0 Å². The van der Waals surface area contributed by atoms with E-state index < -0.39 is 0 Å². The van der Waals surface area contributed by atoms with Crippen LogP contribution in [0, 0.1) is 6.92 Å². The molecule has 0 saturated carbocycles. The van der Waals surface area contributed by atoms with Gasteiger partial charge >= 0.3 is 0 Å². The Bertz CT molecular complexity index is 1120. The van der Waals surface area contributed by atoms with Crippen LogP contribution in [-0.4, -0.2) is 16.3 Å². The minimum atomic E-state index is 0.999. The van der Waals surface area contributed by atoms with Gasteiger partial charge in [-0.2, -0.15) is 5.10 Å². The molecular weight excluding hydrogens is 330 g/mol. The van der Waals surface area contributed by atoms with E-state index in [-0.39, 0.29) is 0 Å². The van der Waals surface area contributed by atoms with Gasteiger partial charge in [0.1, 0.15) is 5.82 Å². The third kappa shape index (κ3) is 2.80. The van der Waals surface area contributed by atoms with E-state index in [9.17, 15) is 0 Å². The molecule has 5 rings (SSSR count). The van der Waals surface area contributed by atoms with E-state index in [1.54, 1.807) is 0 Å². The number of rotatable bonds is 2. The quantitative estimate of drug-likeness (QED) is 0.497. The lowest BCUT2D eigenvalue weighted by Gasteiger charge is -2.09. The van der Waals surface area contributed by atoms with Crippen LogP contribution in [0.4, 0.5) is 5.82 Å². The first-order chi connectivity index (χ1) is 13.3. The summed E-state index contributed by atoms with van der Waals surface area (Å²) in [5.74, 6) is 1.15. The summed E-state index contributed by atoms with van der Waals surface area (Å²) in [5.41, 5.74) is 6.03. The highest BCUT2D eigenvalue weighted by Crippen LogP contribution is 2.37. The Morgan fingerprint density at radius 3 is 2.70 bits per heavy atom. The van der Waals surface area contributed by atoms with E-state index in [2.05, 4.69) is 83.7 Å². The molecule has 1 aliphatic rings. The largest absolute Gasteiger partial charge is 0.370 e. The van der Waals surface area contributed by atoms with Crippen LogP contribution in [0.5, 0.6) is 0 Å². The fourth-order valence-corrected chi connectivity index (χ4v) is 4.10. The predicted molar refractivity (Wildman–Crippen MR) is 113 cm³/mol. The molecule has 1 N–H and O–H groups in total. The van der Waals surface area contributed by atoms with Gasteiger partial charge in [0.25, 0.3) is 0 Å². The number of aromatic nitrogens is 2. The summed E-state index contributed by atoms with van der Waals surface area (Å²) in [5, 5.41) is 11.3. The molecule has 0 radical (unpaired) electrons. The van der Waals surface area contributed by atoms with Crippen molar-refractivity contribution in [3.63, 3.8) is 0 Å². The number of nitrogens with one attached hydrogen (secondary N) is 1. The Morgan fingerprint density at radius 1 is 0.926 bits per heavy atom. The van der Waals surface area contributed by atoms with Crippen molar-refractivity contribution in [1.82, 2.24) is 9.78 Å². The van der Waals surface area contributed by atoms with E-state index in [0.29, 0.717) is 0 Å². The number of benzene rings is 3. The standard InChI is InChI=1S/C24H23N3/c1-17-8-6-11-19(16-17)27-24-22(13-4-5-15-25-24)23(26-27)21-14-7-10-18-9-2-3-12-20(18)21/h2-3,6-12,14,16,25H,4-5,13,15H2,1H3. The molecule has 2 heterocycles. The first kappa shape index (κ1) is 16.1. The van der Waals surface area contributed by atoms with Gasteiger partial charge in [0, 0.05) is 17.7 Å². The maximum atomic E-state index is 5.12. The molecule has 0 saturated heterocycles. The minimum absolute atomic E-state index is 0.999. The number of hydrogen-bond donors (Lipinski definition) is 1. The SMILES string of the molecule is Cc1cccc(-n2nc(-c3cccc4ccccc34)c3c2NCCCC3)c1. The average Bonchev–Trinajstić information content (AvgIpc) is 2.88. The molecular formula is C24H23N3. The first-order valence-corrected chi connectivity index (χ1v) is 9.72. The molecule has 134 valence electrons. The summed E-state index contributed by atoms with van der Waals surface area (Å²) in [7, 11) is 0. The lowest BCUT2D eigenvalue weighted by molar-refractivity contribution is 0.780. The van der Waals surface area contributed by atoms with Crippen LogP contribution in [0.3, 0.4) is 0 Å². The fraction of sp³-hybridized carbons (Fsp3) is 0.208. The molecule has 3 aromatic carbocycles. The number of nitrogens with zero attached hydrogens (tertiary/aromatic N) is 2. The third-order valence-corrected chi connectivity index (χ3v) is 5.42. The van der Waals surface area contributed by atoms with Gasteiger partial charge in [-0.05, 0) is 54.7 Å². The molecule has 27 heavy (non-hydrogen) atoms. The average molecular weight is 353 g/mol. The van der Waals surface area contributed by atoms with Crippen LogP contribution in [0.1, 0.15) is 24.0 Å². The van der Waals surface area contributed by atoms with E-state index in [0.717, 1.165) is 30.2 Å². The van der Waals surface area contributed by atoms with Crippen LogP contribution in [0.15, 0.2) is 66.7 Å². The second-order valence-corrected chi connectivity index (χ2v) is 7.34. The van der Waals surface area contributed by atoms with Gasteiger partial charge in [-0.15, -0.1) is 0 Å². The summed E-state index contributed by atoms with van der Waals surface area (Å²) < 4.78 is 2.10. The topological polar surface area (TPSA) is 29.9 Å². The van der Waals surface area contributed by atoms with Crippen molar-refractivity contribution < 1.29 is 0 Å². The summed E-state index contributed by atoms with van der Waals surface area (Å²) in [4.78, 5) is 0. The van der Waals surface area contributed by atoms with Crippen LogP contribution < -0.4 is 5.32 Å². The van der Waals surface area contributed by atoms with Crippen molar-refractivity contribution >= 4 is 16.6 Å². The molecule has 1 aliphatic heterocycles. The second kappa shape index (κ2) is 6.58. The van der Waals surface area contributed by atoms with Crippen molar-refractivity contribution in [3.05, 3.63) is 77.9 Å². The zero-order valence-electron chi connectivity index (χ0n) is 15.6. The Morgan fingerprint density at radius 2 is 1.78 bits per heavy atom. The molecule has 4 aromatic rings. The highest BCUT2D eigenvalue weighted by atomic mass is 15.3. The minimum Gasteiger partial charge on any atom is -0.370 e. The molecule has 0 spiro atoms. The van der Waals surface area contributed by atoms with Crippen LogP contribution in [0.2, 0.25) is 0 Å². The van der Waals surface area contributed by atoms with E-state index >= 15 is 0 Å². The Kier molecular flexibility index (Phi) is 3.93. The predicted octanol–water partition coefficient (Wildman–Crippen LogP) is 5.75. The molecule has 0 bridgehead atoms. The lowest BCUT2D eigenvalue weighted by atomic mass is 9.98. The van der Waals surface area contributed by atoms with Gasteiger partial charge in [0.05, 0.1) is 11.4 Å². The van der Waals surface area contributed by atoms with Crippen LogP contribution in [-0.2, 0) is 6.42 Å². The molecule has 0 aliphatic carbocycles. The zero-order valence-corrected chi connectivity index (χ0v) is 15.6. The van der Waals surface area contributed by atoms with Gasteiger partial charge < -0.3 is 5.32 Å². The summed E-state index contributed by atoms with van der Waals surface area (Å²) >= 11 is 0. The molecule has 0 atom stereocenters. The maximum Gasteiger partial charge on any atom is 0.133 e. The molecule has 3 heteroatoms.